The summed E-state index contributed by atoms with van der Waals surface area (Å²) in [4.78, 5) is 0.422. The van der Waals surface area contributed by atoms with E-state index >= 15 is 0 Å². The minimum atomic E-state index is 0.422. The lowest BCUT2D eigenvalue weighted by Crippen LogP contribution is -2.22. The summed E-state index contributed by atoms with van der Waals surface area (Å²) in [6.07, 6.45) is 5.32. The van der Waals surface area contributed by atoms with Crippen molar-refractivity contribution in [3.05, 3.63) is 11.3 Å². The SMILES string of the molecule is Cc1nn(C)c(NCC2CCC(C)CC2)c1C(N)=S. The normalized spacial score (nSPS) is 23.3. The van der Waals surface area contributed by atoms with Crippen molar-refractivity contribution in [3.8, 4) is 0 Å². The van der Waals surface area contributed by atoms with E-state index in [2.05, 4.69) is 17.3 Å². The zero-order valence-electron chi connectivity index (χ0n) is 12.1. The highest BCUT2D eigenvalue weighted by atomic mass is 32.1. The maximum Gasteiger partial charge on any atom is 0.134 e. The smallest absolute Gasteiger partial charge is 0.134 e. The highest BCUT2D eigenvalue weighted by Crippen LogP contribution is 2.29. The van der Waals surface area contributed by atoms with Crippen molar-refractivity contribution in [3.63, 3.8) is 0 Å². The third-order valence-electron chi connectivity index (χ3n) is 4.16. The van der Waals surface area contributed by atoms with Crippen LogP contribution >= 0.6 is 12.2 Å². The Morgan fingerprint density at radius 3 is 2.63 bits per heavy atom. The first-order chi connectivity index (χ1) is 8.99. The van der Waals surface area contributed by atoms with E-state index in [0.29, 0.717) is 4.99 Å². The molecule has 1 aromatic rings. The maximum atomic E-state index is 5.79. The van der Waals surface area contributed by atoms with Crippen LogP contribution in [0, 0.1) is 18.8 Å². The summed E-state index contributed by atoms with van der Waals surface area (Å²) < 4.78 is 1.84. The van der Waals surface area contributed by atoms with Crippen LogP contribution in [0.25, 0.3) is 0 Å². The van der Waals surface area contributed by atoms with Crippen molar-refractivity contribution in [2.75, 3.05) is 11.9 Å². The van der Waals surface area contributed by atoms with Crippen LogP contribution in [-0.4, -0.2) is 21.3 Å². The average molecular weight is 280 g/mol. The van der Waals surface area contributed by atoms with Gasteiger partial charge < -0.3 is 11.1 Å². The van der Waals surface area contributed by atoms with Gasteiger partial charge in [-0.25, -0.2) is 0 Å². The number of anilines is 1. The lowest BCUT2D eigenvalue weighted by Gasteiger charge is -2.26. The molecule has 0 radical (unpaired) electrons. The number of thiocarbonyl (C=S) groups is 1. The molecule has 0 aromatic carbocycles. The van der Waals surface area contributed by atoms with Gasteiger partial charge in [-0.15, -0.1) is 0 Å². The van der Waals surface area contributed by atoms with Crippen LogP contribution in [0.3, 0.4) is 0 Å². The Hall–Kier alpha value is -1.10. The van der Waals surface area contributed by atoms with Gasteiger partial charge in [0, 0.05) is 13.6 Å². The molecule has 1 heterocycles. The molecule has 0 unspecified atom stereocenters. The molecule has 2 rings (SSSR count). The second-order valence-electron chi connectivity index (χ2n) is 5.80. The number of aromatic nitrogens is 2. The molecule has 0 saturated heterocycles. The van der Waals surface area contributed by atoms with Gasteiger partial charge in [0.2, 0.25) is 0 Å². The fraction of sp³-hybridized carbons (Fsp3) is 0.714. The van der Waals surface area contributed by atoms with Crippen LogP contribution in [-0.2, 0) is 7.05 Å². The second kappa shape index (κ2) is 5.90. The van der Waals surface area contributed by atoms with Crippen LogP contribution in [0.1, 0.15) is 43.9 Å². The first kappa shape index (κ1) is 14.3. The fourth-order valence-corrected chi connectivity index (χ4v) is 3.17. The Morgan fingerprint density at radius 2 is 2.05 bits per heavy atom. The third-order valence-corrected chi connectivity index (χ3v) is 4.37. The van der Waals surface area contributed by atoms with Gasteiger partial charge in [0.05, 0.1) is 11.3 Å². The molecule has 19 heavy (non-hydrogen) atoms. The quantitative estimate of drug-likeness (QED) is 0.832. The molecule has 1 aliphatic rings. The summed E-state index contributed by atoms with van der Waals surface area (Å²) in [5.74, 6) is 2.61. The van der Waals surface area contributed by atoms with E-state index in [4.69, 9.17) is 18.0 Å². The molecule has 4 nitrogen and oxygen atoms in total. The lowest BCUT2D eigenvalue weighted by atomic mass is 9.83. The van der Waals surface area contributed by atoms with E-state index in [0.717, 1.165) is 35.5 Å². The molecule has 0 spiro atoms. The van der Waals surface area contributed by atoms with Gasteiger partial charge in [0.25, 0.3) is 0 Å². The first-order valence-corrected chi connectivity index (χ1v) is 7.47. The van der Waals surface area contributed by atoms with Crippen LogP contribution in [0.15, 0.2) is 0 Å². The summed E-state index contributed by atoms with van der Waals surface area (Å²) in [5.41, 5.74) is 7.58. The molecule has 5 heteroatoms. The van der Waals surface area contributed by atoms with Crippen molar-refractivity contribution in [2.45, 2.75) is 39.5 Å². The molecule has 1 aliphatic carbocycles. The molecule has 106 valence electrons. The van der Waals surface area contributed by atoms with Gasteiger partial charge in [-0.3, -0.25) is 4.68 Å². The van der Waals surface area contributed by atoms with E-state index < -0.39 is 0 Å². The Morgan fingerprint density at radius 1 is 1.42 bits per heavy atom. The second-order valence-corrected chi connectivity index (χ2v) is 6.24. The highest BCUT2D eigenvalue weighted by molar-refractivity contribution is 7.80. The topological polar surface area (TPSA) is 55.9 Å². The molecule has 0 atom stereocenters. The molecular formula is C14H24N4S. The summed E-state index contributed by atoms with van der Waals surface area (Å²) in [6, 6.07) is 0. The minimum absolute atomic E-state index is 0.422. The Kier molecular flexibility index (Phi) is 4.45. The first-order valence-electron chi connectivity index (χ1n) is 7.06. The van der Waals surface area contributed by atoms with Gasteiger partial charge in [-0.05, 0) is 31.6 Å². The minimum Gasteiger partial charge on any atom is -0.389 e. The number of nitrogens with two attached hydrogens (primary N) is 1. The largest absolute Gasteiger partial charge is 0.389 e. The number of rotatable bonds is 4. The van der Waals surface area contributed by atoms with Crippen molar-refractivity contribution >= 4 is 23.0 Å². The van der Waals surface area contributed by atoms with Crippen molar-refractivity contribution in [1.29, 1.82) is 0 Å². The van der Waals surface area contributed by atoms with Gasteiger partial charge in [0.15, 0.2) is 0 Å². The van der Waals surface area contributed by atoms with E-state index in [1.807, 2.05) is 18.7 Å². The van der Waals surface area contributed by atoms with Gasteiger partial charge in [-0.1, -0.05) is 32.0 Å². The van der Waals surface area contributed by atoms with Gasteiger partial charge >= 0.3 is 0 Å². The predicted molar refractivity (Wildman–Crippen MR) is 83.4 cm³/mol. The van der Waals surface area contributed by atoms with Crippen LogP contribution in [0.4, 0.5) is 5.82 Å². The van der Waals surface area contributed by atoms with Crippen LogP contribution in [0.5, 0.6) is 0 Å². The molecular weight excluding hydrogens is 256 g/mol. The molecule has 0 aliphatic heterocycles. The van der Waals surface area contributed by atoms with E-state index in [1.165, 1.54) is 25.7 Å². The maximum absolute atomic E-state index is 5.79. The lowest BCUT2D eigenvalue weighted by molar-refractivity contribution is 0.300. The zero-order valence-corrected chi connectivity index (χ0v) is 12.9. The molecule has 0 bridgehead atoms. The van der Waals surface area contributed by atoms with E-state index in [1.54, 1.807) is 0 Å². The zero-order chi connectivity index (χ0) is 14.0. The average Bonchev–Trinajstić information content (AvgIpc) is 2.63. The Labute approximate surface area is 120 Å². The van der Waals surface area contributed by atoms with Gasteiger partial charge in [0.1, 0.15) is 10.8 Å². The molecule has 1 aromatic heterocycles. The molecule has 1 fully saturated rings. The number of hydrogen-bond donors (Lipinski definition) is 2. The Balaban J connectivity index is 2.01. The number of nitrogens with one attached hydrogen (secondary N) is 1. The Bertz CT molecular complexity index is 458. The number of nitrogens with zero attached hydrogens (tertiary/aromatic N) is 2. The summed E-state index contributed by atoms with van der Waals surface area (Å²) in [7, 11) is 1.93. The summed E-state index contributed by atoms with van der Waals surface area (Å²) in [6.45, 7) is 5.28. The van der Waals surface area contributed by atoms with Crippen molar-refractivity contribution in [1.82, 2.24) is 9.78 Å². The summed E-state index contributed by atoms with van der Waals surface area (Å²) in [5, 5.41) is 7.90. The fourth-order valence-electron chi connectivity index (χ4n) is 2.93. The van der Waals surface area contributed by atoms with Crippen LogP contribution < -0.4 is 11.1 Å². The highest BCUT2D eigenvalue weighted by Gasteiger charge is 2.20. The van der Waals surface area contributed by atoms with E-state index in [9.17, 15) is 0 Å². The van der Waals surface area contributed by atoms with Crippen LogP contribution in [0.2, 0.25) is 0 Å². The molecule has 1 saturated carbocycles. The van der Waals surface area contributed by atoms with Crippen molar-refractivity contribution in [2.24, 2.45) is 24.6 Å². The third kappa shape index (κ3) is 3.26. The van der Waals surface area contributed by atoms with Gasteiger partial charge in [-0.2, -0.15) is 5.10 Å². The van der Waals surface area contributed by atoms with Crippen molar-refractivity contribution < 1.29 is 0 Å². The molecule has 0 amide bonds. The standard InChI is InChI=1S/C14H24N4S/c1-9-4-6-11(7-5-9)8-16-14-12(13(15)19)10(2)17-18(14)3/h9,11,16H,4-8H2,1-3H3,(H2,15,19). The summed E-state index contributed by atoms with van der Waals surface area (Å²) >= 11 is 5.12. The van der Waals surface area contributed by atoms with E-state index in [-0.39, 0.29) is 0 Å². The number of hydrogen-bond acceptors (Lipinski definition) is 3. The predicted octanol–water partition coefficient (Wildman–Crippen LogP) is 2.60. The molecule has 3 N–H and O–H groups in total. The monoisotopic (exact) mass is 280 g/mol. The number of aryl methyl sites for hydroxylation is 2.